The lowest BCUT2D eigenvalue weighted by Crippen LogP contribution is -2.21. The molecule has 1 fully saturated rings. The van der Waals surface area contributed by atoms with Gasteiger partial charge in [0.2, 0.25) is 0 Å². The summed E-state index contributed by atoms with van der Waals surface area (Å²) in [5.74, 6) is -1.59. The highest BCUT2D eigenvalue weighted by molar-refractivity contribution is 6.31. The minimum atomic E-state index is -0.911. The summed E-state index contributed by atoms with van der Waals surface area (Å²) in [6.07, 6.45) is 2.48. The third kappa shape index (κ3) is 3.47. The van der Waals surface area contributed by atoms with Crippen molar-refractivity contribution in [1.29, 1.82) is 0 Å². The van der Waals surface area contributed by atoms with Gasteiger partial charge in [-0.15, -0.1) is 0 Å². The summed E-state index contributed by atoms with van der Waals surface area (Å²) < 4.78 is 0. The van der Waals surface area contributed by atoms with Crippen molar-refractivity contribution in [2.45, 2.75) is 25.3 Å². The third-order valence-corrected chi connectivity index (χ3v) is 3.96. The van der Waals surface area contributed by atoms with Gasteiger partial charge in [0.25, 0.3) is 0 Å². The molecule has 0 aliphatic carbocycles. The van der Waals surface area contributed by atoms with Gasteiger partial charge >= 0.3 is 5.97 Å². The molecule has 1 atom stereocenters. The number of nitrogens with zero attached hydrogens (tertiary/aromatic N) is 1. The molecule has 5 heteroatoms. The Morgan fingerprint density at radius 1 is 1.42 bits per heavy atom. The maximum atomic E-state index is 11.1. The first kappa shape index (κ1) is 14.3. The zero-order valence-corrected chi connectivity index (χ0v) is 11.6. The third-order valence-electron chi connectivity index (χ3n) is 3.61. The predicted octanol–water partition coefficient (Wildman–Crippen LogP) is 2.06. The van der Waals surface area contributed by atoms with E-state index < -0.39 is 11.9 Å². The Kier molecular flexibility index (Phi) is 4.80. The number of nitrogens with two attached hydrogens (primary N) is 1. The molecule has 0 radical (unpaired) electrons. The van der Waals surface area contributed by atoms with Crippen molar-refractivity contribution in [2.24, 2.45) is 5.73 Å². The van der Waals surface area contributed by atoms with Crippen LogP contribution in [-0.2, 0) is 11.3 Å². The van der Waals surface area contributed by atoms with Gasteiger partial charge in [-0.3, -0.25) is 9.69 Å². The molecule has 2 rings (SSSR count). The van der Waals surface area contributed by atoms with E-state index in [9.17, 15) is 4.79 Å². The molecular weight excluding hydrogens is 264 g/mol. The van der Waals surface area contributed by atoms with Crippen LogP contribution >= 0.6 is 11.6 Å². The number of carbonyl (C=O) groups is 1. The SMILES string of the molecule is NCC(C(=O)O)c1ccc(CN2CCCC2)c(Cl)c1. The van der Waals surface area contributed by atoms with Crippen LogP contribution in [0.25, 0.3) is 0 Å². The standard InChI is InChI=1S/C14H19ClN2O2/c15-13-7-10(12(8-16)14(18)19)3-4-11(13)9-17-5-1-2-6-17/h3-4,7,12H,1-2,5-6,8-9,16H2,(H,18,19). The van der Waals surface area contributed by atoms with Crippen molar-refractivity contribution in [2.75, 3.05) is 19.6 Å². The van der Waals surface area contributed by atoms with Crippen molar-refractivity contribution in [3.8, 4) is 0 Å². The summed E-state index contributed by atoms with van der Waals surface area (Å²) in [5, 5.41) is 9.71. The Bertz CT molecular complexity index is 459. The fourth-order valence-corrected chi connectivity index (χ4v) is 2.72. The lowest BCUT2D eigenvalue weighted by molar-refractivity contribution is -0.138. The van der Waals surface area contributed by atoms with Gasteiger partial charge in [0.1, 0.15) is 0 Å². The van der Waals surface area contributed by atoms with E-state index in [4.69, 9.17) is 22.4 Å². The Morgan fingerprint density at radius 2 is 2.11 bits per heavy atom. The molecule has 0 saturated carbocycles. The van der Waals surface area contributed by atoms with Gasteiger partial charge in [-0.1, -0.05) is 23.7 Å². The molecule has 1 aliphatic rings. The summed E-state index contributed by atoms with van der Waals surface area (Å²) in [5.41, 5.74) is 7.21. The molecule has 19 heavy (non-hydrogen) atoms. The lowest BCUT2D eigenvalue weighted by atomic mass is 9.98. The van der Waals surface area contributed by atoms with Crippen LogP contribution in [0.15, 0.2) is 18.2 Å². The molecule has 0 amide bonds. The topological polar surface area (TPSA) is 66.6 Å². The van der Waals surface area contributed by atoms with Crippen LogP contribution in [-0.4, -0.2) is 35.6 Å². The highest BCUT2D eigenvalue weighted by Gasteiger charge is 2.19. The molecule has 1 aliphatic heterocycles. The van der Waals surface area contributed by atoms with E-state index in [2.05, 4.69) is 4.90 Å². The highest BCUT2D eigenvalue weighted by atomic mass is 35.5. The molecule has 1 aromatic carbocycles. The molecule has 1 aromatic rings. The van der Waals surface area contributed by atoms with Gasteiger partial charge in [0.05, 0.1) is 5.92 Å². The molecular formula is C14H19ClN2O2. The number of benzene rings is 1. The second kappa shape index (κ2) is 6.37. The molecule has 0 spiro atoms. The van der Waals surface area contributed by atoms with Crippen molar-refractivity contribution in [3.05, 3.63) is 34.3 Å². The average molecular weight is 283 g/mol. The van der Waals surface area contributed by atoms with Crippen molar-refractivity contribution >= 4 is 17.6 Å². The van der Waals surface area contributed by atoms with E-state index in [-0.39, 0.29) is 6.54 Å². The maximum Gasteiger partial charge on any atom is 0.312 e. The van der Waals surface area contributed by atoms with E-state index in [1.54, 1.807) is 6.07 Å². The quantitative estimate of drug-likeness (QED) is 0.868. The van der Waals surface area contributed by atoms with Gasteiger partial charge in [-0.05, 0) is 43.1 Å². The normalized spacial score (nSPS) is 17.6. The van der Waals surface area contributed by atoms with Crippen LogP contribution in [0.3, 0.4) is 0 Å². The molecule has 104 valence electrons. The summed E-state index contributed by atoms with van der Waals surface area (Å²) in [7, 11) is 0. The van der Waals surface area contributed by atoms with E-state index in [1.165, 1.54) is 12.8 Å². The second-order valence-corrected chi connectivity index (χ2v) is 5.37. The monoisotopic (exact) mass is 282 g/mol. The Labute approximate surface area is 118 Å². The summed E-state index contributed by atoms with van der Waals surface area (Å²) in [4.78, 5) is 13.4. The average Bonchev–Trinajstić information content (AvgIpc) is 2.86. The number of likely N-dealkylation sites (tertiary alicyclic amines) is 1. The van der Waals surface area contributed by atoms with Crippen molar-refractivity contribution < 1.29 is 9.90 Å². The van der Waals surface area contributed by atoms with Crippen LogP contribution in [0.4, 0.5) is 0 Å². The number of halogens is 1. The largest absolute Gasteiger partial charge is 0.481 e. The molecule has 4 nitrogen and oxygen atoms in total. The van der Waals surface area contributed by atoms with Gasteiger partial charge in [0.15, 0.2) is 0 Å². The van der Waals surface area contributed by atoms with Gasteiger partial charge in [-0.25, -0.2) is 0 Å². The molecule has 1 saturated heterocycles. The first-order chi connectivity index (χ1) is 9.11. The molecule has 1 heterocycles. The van der Waals surface area contributed by atoms with Crippen molar-refractivity contribution in [3.63, 3.8) is 0 Å². The summed E-state index contributed by atoms with van der Waals surface area (Å²) >= 11 is 6.25. The van der Waals surface area contributed by atoms with Crippen LogP contribution in [0.1, 0.15) is 29.9 Å². The molecule has 3 N–H and O–H groups in total. The van der Waals surface area contributed by atoms with E-state index in [0.29, 0.717) is 10.6 Å². The van der Waals surface area contributed by atoms with Gasteiger partial charge < -0.3 is 10.8 Å². The number of hydrogen-bond acceptors (Lipinski definition) is 3. The smallest absolute Gasteiger partial charge is 0.312 e. The van der Waals surface area contributed by atoms with Crippen molar-refractivity contribution in [1.82, 2.24) is 4.90 Å². The first-order valence-electron chi connectivity index (χ1n) is 6.55. The molecule has 0 aromatic heterocycles. The lowest BCUT2D eigenvalue weighted by Gasteiger charge is -2.17. The summed E-state index contributed by atoms with van der Waals surface area (Å²) in [6, 6.07) is 5.48. The summed E-state index contributed by atoms with van der Waals surface area (Å²) in [6.45, 7) is 3.13. The fraction of sp³-hybridized carbons (Fsp3) is 0.500. The van der Waals surface area contributed by atoms with Crippen LogP contribution in [0.5, 0.6) is 0 Å². The highest BCUT2D eigenvalue weighted by Crippen LogP contribution is 2.25. The Balaban J connectivity index is 2.13. The number of carboxylic acid groups (broad SMARTS) is 1. The van der Waals surface area contributed by atoms with E-state index in [1.807, 2.05) is 12.1 Å². The minimum absolute atomic E-state index is 0.0805. The minimum Gasteiger partial charge on any atom is -0.481 e. The predicted molar refractivity (Wildman–Crippen MR) is 75.4 cm³/mol. The van der Waals surface area contributed by atoms with Crippen LogP contribution in [0, 0.1) is 0 Å². The van der Waals surface area contributed by atoms with E-state index in [0.717, 1.165) is 25.2 Å². The second-order valence-electron chi connectivity index (χ2n) is 4.96. The van der Waals surface area contributed by atoms with Crippen LogP contribution in [0.2, 0.25) is 5.02 Å². The zero-order valence-electron chi connectivity index (χ0n) is 10.8. The number of carboxylic acids is 1. The molecule has 0 bridgehead atoms. The Morgan fingerprint density at radius 3 is 2.63 bits per heavy atom. The van der Waals surface area contributed by atoms with Crippen LogP contribution < -0.4 is 5.73 Å². The number of hydrogen-bond donors (Lipinski definition) is 2. The number of aliphatic carboxylic acids is 1. The Hall–Kier alpha value is -1.10. The fourth-order valence-electron chi connectivity index (χ4n) is 2.47. The number of rotatable bonds is 5. The van der Waals surface area contributed by atoms with Gasteiger partial charge in [0, 0.05) is 18.1 Å². The first-order valence-corrected chi connectivity index (χ1v) is 6.93. The zero-order chi connectivity index (χ0) is 13.8. The van der Waals surface area contributed by atoms with Gasteiger partial charge in [-0.2, -0.15) is 0 Å². The van der Waals surface area contributed by atoms with E-state index >= 15 is 0 Å². The molecule has 1 unspecified atom stereocenters. The maximum absolute atomic E-state index is 11.1.